The Morgan fingerprint density at radius 3 is 2.00 bits per heavy atom. The number of carboxylic acids is 1. The first-order chi connectivity index (χ1) is 6.52. The molecule has 2 nitrogen and oxygen atoms in total. The van der Waals surface area contributed by atoms with Crippen LogP contribution in [0, 0.1) is 23.7 Å². The molecule has 1 aliphatic carbocycles. The minimum Gasteiger partial charge on any atom is -0.481 e. The van der Waals surface area contributed by atoms with Crippen LogP contribution in [-0.4, -0.2) is 11.1 Å². The molecule has 0 radical (unpaired) electrons. The summed E-state index contributed by atoms with van der Waals surface area (Å²) in [5.74, 6) is 1.56. The summed E-state index contributed by atoms with van der Waals surface area (Å²) in [5.41, 5.74) is 0. The fourth-order valence-corrected chi connectivity index (χ4v) is 2.44. The van der Waals surface area contributed by atoms with Gasteiger partial charge in [0.05, 0.1) is 5.92 Å². The molecule has 0 aromatic heterocycles. The molecule has 0 aromatic rings. The molecule has 0 bridgehead atoms. The van der Waals surface area contributed by atoms with E-state index in [0.717, 1.165) is 43.4 Å². The monoisotopic (exact) mass is 198 g/mol. The van der Waals surface area contributed by atoms with Crippen molar-refractivity contribution in [1.29, 1.82) is 0 Å². The lowest BCUT2D eigenvalue weighted by molar-refractivity contribution is -0.143. The van der Waals surface area contributed by atoms with Gasteiger partial charge in [0.15, 0.2) is 0 Å². The van der Waals surface area contributed by atoms with Crippen LogP contribution in [-0.2, 0) is 4.79 Å². The molecule has 1 rings (SSSR count). The predicted octanol–water partition coefficient (Wildman–Crippen LogP) is 3.17. The Labute approximate surface area is 86.7 Å². The van der Waals surface area contributed by atoms with Crippen molar-refractivity contribution in [3.8, 4) is 0 Å². The third-order valence-corrected chi connectivity index (χ3v) is 3.92. The first-order valence-corrected chi connectivity index (χ1v) is 5.75. The first kappa shape index (κ1) is 11.5. The molecule has 1 fully saturated rings. The molecule has 0 aromatic carbocycles. The van der Waals surface area contributed by atoms with Crippen LogP contribution >= 0.6 is 0 Å². The van der Waals surface area contributed by atoms with Gasteiger partial charge < -0.3 is 5.11 Å². The molecular weight excluding hydrogens is 176 g/mol. The van der Waals surface area contributed by atoms with Gasteiger partial charge in [0.2, 0.25) is 0 Å². The van der Waals surface area contributed by atoms with Gasteiger partial charge in [-0.3, -0.25) is 4.79 Å². The molecule has 1 unspecified atom stereocenters. The van der Waals surface area contributed by atoms with Crippen LogP contribution in [0.15, 0.2) is 0 Å². The van der Waals surface area contributed by atoms with Crippen molar-refractivity contribution < 1.29 is 9.90 Å². The number of hydrogen-bond acceptors (Lipinski definition) is 1. The fraction of sp³-hybridized carbons (Fsp3) is 0.917. The van der Waals surface area contributed by atoms with Gasteiger partial charge >= 0.3 is 5.97 Å². The van der Waals surface area contributed by atoms with Crippen molar-refractivity contribution in [2.75, 3.05) is 0 Å². The van der Waals surface area contributed by atoms with E-state index in [-0.39, 0.29) is 5.92 Å². The van der Waals surface area contributed by atoms with Gasteiger partial charge in [0, 0.05) is 0 Å². The molecule has 1 saturated carbocycles. The highest BCUT2D eigenvalue weighted by Gasteiger charge is 2.29. The molecule has 1 atom stereocenters. The third kappa shape index (κ3) is 2.73. The maximum absolute atomic E-state index is 10.8. The second kappa shape index (κ2) is 4.81. The molecule has 14 heavy (non-hydrogen) atoms. The van der Waals surface area contributed by atoms with Gasteiger partial charge in [-0.15, -0.1) is 0 Å². The summed E-state index contributed by atoms with van der Waals surface area (Å²) >= 11 is 0. The second-order valence-electron chi connectivity index (χ2n) is 5.05. The van der Waals surface area contributed by atoms with E-state index in [9.17, 15) is 4.79 Å². The van der Waals surface area contributed by atoms with Crippen LogP contribution in [0.4, 0.5) is 0 Å². The zero-order valence-electron chi connectivity index (χ0n) is 9.49. The predicted molar refractivity (Wildman–Crippen MR) is 57.1 cm³/mol. The van der Waals surface area contributed by atoms with Crippen LogP contribution in [0.3, 0.4) is 0 Å². The van der Waals surface area contributed by atoms with E-state index >= 15 is 0 Å². The van der Waals surface area contributed by atoms with Gasteiger partial charge in [-0.05, 0) is 43.4 Å². The van der Waals surface area contributed by atoms with Gasteiger partial charge in [-0.2, -0.15) is 0 Å². The molecular formula is C12H22O2. The van der Waals surface area contributed by atoms with Crippen LogP contribution in [0.1, 0.15) is 46.5 Å². The highest BCUT2D eigenvalue weighted by molar-refractivity contribution is 5.69. The molecule has 0 amide bonds. The molecule has 0 aliphatic heterocycles. The third-order valence-electron chi connectivity index (χ3n) is 3.92. The summed E-state index contributed by atoms with van der Waals surface area (Å²) in [6.07, 6.45) is 3.99. The van der Waals surface area contributed by atoms with Crippen molar-refractivity contribution in [3.63, 3.8) is 0 Å². The number of carbonyl (C=O) groups is 1. The Hall–Kier alpha value is -0.530. The Kier molecular flexibility index (Phi) is 3.97. The summed E-state index contributed by atoms with van der Waals surface area (Å²) in [6.45, 7) is 6.82. The summed E-state index contributed by atoms with van der Waals surface area (Å²) in [5, 5.41) is 8.87. The summed E-state index contributed by atoms with van der Waals surface area (Å²) in [7, 11) is 0. The molecule has 1 N–H and O–H groups in total. The van der Waals surface area contributed by atoms with E-state index in [4.69, 9.17) is 5.11 Å². The summed E-state index contributed by atoms with van der Waals surface area (Å²) in [6, 6.07) is 0. The Morgan fingerprint density at radius 2 is 1.64 bits per heavy atom. The summed E-state index contributed by atoms with van der Waals surface area (Å²) in [4.78, 5) is 10.8. The minimum absolute atomic E-state index is 0.0642. The number of rotatable bonds is 3. The smallest absolute Gasteiger partial charge is 0.306 e. The van der Waals surface area contributed by atoms with Crippen LogP contribution in [0.25, 0.3) is 0 Å². The van der Waals surface area contributed by atoms with Crippen molar-refractivity contribution in [2.45, 2.75) is 46.5 Å². The maximum Gasteiger partial charge on any atom is 0.306 e. The largest absolute Gasteiger partial charge is 0.481 e. The van der Waals surface area contributed by atoms with Crippen LogP contribution in [0.2, 0.25) is 0 Å². The number of carboxylic acid groups (broad SMARTS) is 1. The Bertz CT molecular complexity index is 190. The second-order valence-corrected chi connectivity index (χ2v) is 5.05. The van der Waals surface area contributed by atoms with Gasteiger partial charge in [-0.1, -0.05) is 20.8 Å². The van der Waals surface area contributed by atoms with Crippen LogP contribution in [0.5, 0.6) is 0 Å². The first-order valence-electron chi connectivity index (χ1n) is 5.75. The molecule has 0 spiro atoms. The van der Waals surface area contributed by atoms with Crippen molar-refractivity contribution >= 4 is 5.97 Å². The zero-order valence-corrected chi connectivity index (χ0v) is 9.49. The fourth-order valence-electron chi connectivity index (χ4n) is 2.44. The minimum atomic E-state index is -0.597. The maximum atomic E-state index is 10.8. The van der Waals surface area contributed by atoms with E-state index < -0.39 is 5.97 Å². The highest BCUT2D eigenvalue weighted by Crippen LogP contribution is 2.36. The number of aliphatic carboxylic acids is 1. The molecule has 1 aliphatic rings. The van der Waals surface area contributed by atoms with Gasteiger partial charge in [-0.25, -0.2) is 0 Å². The van der Waals surface area contributed by atoms with Crippen molar-refractivity contribution in [2.24, 2.45) is 23.7 Å². The molecule has 82 valence electrons. The van der Waals surface area contributed by atoms with Gasteiger partial charge in [0.25, 0.3) is 0 Å². The summed E-state index contributed by atoms with van der Waals surface area (Å²) < 4.78 is 0. The van der Waals surface area contributed by atoms with E-state index in [1.165, 1.54) is 0 Å². The topological polar surface area (TPSA) is 37.3 Å². The average Bonchev–Trinajstić information content (AvgIpc) is 2.16. The molecule has 0 saturated heterocycles. The van der Waals surface area contributed by atoms with Gasteiger partial charge in [0.1, 0.15) is 0 Å². The quantitative estimate of drug-likeness (QED) is 0.756. The standard InChI is InChI=1S/C12H22O2/c1-8(2)9(3)10-4-6-11(7-5-10)12(13)14/h8-11H,4-7H2,1-3H3,(H,13,14)/t9?,10-,11-. The van der Waals surface area contributed by atoms with Crippen LogP contribution < -0.4 is 0 Å². The van der Waals surface area contributed by atoms with E-state index in [2.05, 4.69) is 20.8 Å². The lowest BCUT2D eigenvalue weighted by Crippen LogP contribution is -2.26. The lowest BCUT2D eigenvalue weighted by atomic mass is 9.73. The van der Waals surface area contributed by atoms with Crippen molar-refractivity contribution in [1.82, 2.24) is 0 Å². The molecule has 0 heterocycles. The molecule has 2 heteroatoms. The SMILES string of the molecule is CC(C)C(C)[C@H]1CC[C@H](C(=O)O)CC1. The normalized spacial score (nSPS) is 30.3. The zero-order chi connectivity index (χ0) is 10.7. The van der Waals surface area contributed by atoms with E-state index in [1.54, 1.807) is 0 Å². The lowest BCUT2D eigenvalue weighted by Gasteiger charge is -2.32. The van der Waals surface area contributed by atoms with Crippen molar-refractivity contribution in [3.05, 3.63) is 0 Å². The number of hydrogen-bond donors (Lipinski definition) is 1. The van der Waals surface area contributed by atoms with E-state index in [0.29, 0.717) is 0 Å². The highest BCUT2D eigenvalue weighted by atomic mass is 16.4. The Morgan fingerprint density at radius 1 is 1.14 bits per heavy atom. The van der Waals surface area contributed by atoms with E-state index in [1.807, 2.05) is 0 Å². The Balaban J connectivity index is 2.39. The average molecular weight is 198 g/mol.